The molecule has 16 nitrogen and oxygen atoms in total. The van der Waals surface area contributed by atoms with Gasteiger partial charge in [0, 0.05) is 136 Å². The molecule has 648 valence electrons. The van der Waals surface area contributed by atoms with Crippen LogP contribution in [0.25, 0.3) is 243 Å². The molecule has 0 fully saturated rings. The molecular weight excluding hydrogens is 1710 g/mol. The Morgan fingerprint density at radius 2 is 0.436 bits per heavy atom. The molecule has 0 saturated heterocycles. The van der Waals surface area contributed by atoms with Gasteiger partial charge in [0.05, 0.1) is 49.7 Å². The smallest absolute Gasteiger partial charge is 0.166 e. The van der Waals surface area contributed by atoms with Gasteiger partial charge in [0.25, 0.3) is 0 Å². The number of hydrogen-bond acceptors (Lipinski definition) is 12. The van der Waals surface area contributed by atoms with Gasteiger partial charge < -0.3 is 0 Å². The quantitative estimate of drug-likeness (QED) is 0.132. The van der Waals surface area contributed by atoms with Crippen molar-refractivity contribution >= 4 is 154 Å². The first-order valence-electron chi connectivity index (χ1n) is 48.2. The van der Waals surface area contributed by atoms with E-state index in [4.69, 9.17) is 49.8 Å². The van der Waals surface area contributed by atoms with Crippen molar-refractivity contribution in [2.75, 3.05) is 0 Å². The first-order chi connectivity index (χ1) is 69.5. The molecule has 16 aromatic heterocycles. The van der Waals surface area contributed by atoms with Gasteiger partial charge in [-0.1, -0.05) is 176 Å². The molecule has 0 saturated carbocycles. The summed E-state index contributed by atoms with van der Waals surface area (Å²) in [5.41, 5.74) is 62.5. The fraction of sp³-hybridized carbons (Fsp3) is 0.0645. The Morgan fingerprint density at radius 1 is 0.157 bits per heavy atom. The third kappa shape index (κ3) is 10.1. The molecule has 8 aliphatic carbocycles. The Morgan fingerprint density at radius 3 is 0.843 bits per heavy atom. The van der Waals surface area contributed by atoms with Crippen molar-refractivity contribution < 1.29 is 0 Å². The van der Waals surface area contributed by atoms with Crippen molar-refractivity contribution in [1.82, 2.24) is 77.4 Å². The molecule has 140 heavy (non-hydrogen) atoms. The second kappa shape index (κ2) is 27.7. The van der Waals surface area contributed by atoms with Crippen LogP contribution in [0.15, 0.2) is 341 Å². The molecule has 12 aromatic carbocycles. The lowest BCUT2D eigenvalue weighted by Gasteiger charge is -2.08. The van der Waals surface area contributed by atoms with E-state index in [0.717, 1.165) is 206 Å². The highest BCUT2D eigenvalue weighted by atomic mass is 15.1. The molecule has 0 atom stereocenters. The summed E-state index contributed by atoms with van der Waals surface area (Å²) in [7, 11) is 0. The number of hydrogen-bond donors (Lipinski definition) is 0. The first kappa shape index (κ1) is 75.1. The van der Waals surface area contributed by atoms with Crippen LogP contribution < -0.4 is 0 Å². The van der Waals surface area contributed by atoms with Crippen LogP contribution in [0.1, 0.15) is 89.0 Å². The number of rotatable bonds is 0. The highest BCUT2D eigenvalue weighted by molar-refractivity contribution is 6.18. The Bertz CT molecular complexity index is 9460. The molecule has 0 N–H and O–H groups in total. The lowest BCUT2D eigenvalue weighted by atomic mass is 9.95. The second-order valence-electron chi connectivity index (χ2n) is 38.6. The minimum Gasteiger partial charge on any atom is -0.276 e. The van der Waals surface area contributed by atoms with Crippen molar-refractivity contribution in [2.24, 2.45) is 0 Å². The Balaban J connectivity index is 0.0000000829. The zero-order valence-corrected chi connectivity index (χ0v) is 75.1. The summed E-state index contributed by atoms with van der Waals surface area (Å²) >= 11 is 0. The highest BCUT2D eigenvalue weighted by Crippen LogP contribution is 2.56. The van der Waals surface area contributed by atoms with Gasteiger partial charge in [-0.15, -0.1) is 0 Å². The van der Waals surface area contributed by atoms with Gasteiger partial charge >= 0.3 is 0 Å². The predicted octanol–water partition coefficient (Wildman–Crippen LogP) is 26.9. The summed E-state index contributed by atoms with van der Waals surface area (Å²) in [6.45, 7) is 0. The van der Waals surface area contributed by atoms with E-state index in [1.54, 1.807) is 0 Å². The van der Waals surface area contributed by atoms with E-state index in [1.807, 2.05) is 98.4 Å². The number of imidazole rings is 4. The number of fused-ring (bicyclic) bond motifs is 64. The van der Waals surface area contributed by atoms with Crippen LogP contribution in [-0.2, 0) is 51.4 Å². The van der Waals surface area contributed by atoms with Crippen molar-refractivity contribution in [3.8, 4) is 89.0 Å². The molecule has 8 aliphatic rings. The topological polar surface area (TPSA) is 172 Å². The van der Waals surface area contributed by atoms with Gasteiger partial charge in [-0.25, -0.2) is 39.9 Å². The molecule has 0 spiro atoms. The fourth-order valence-corrected chi connectivity index (χ4v) is 26.1. The van der Waals surface area contributed by atoms with E-state index in [1.165, 1.54) is 178 Å². The maximum Gasteiger partial charge on any atom is 0.166 e. The molecule has 0 bridgehead atoms. The minimum atomic E-state index is 0.877. The average molecular weight is 1790 g/mol. The van der Waals surface area contributed by atoms with E-state index in [-0.39, 0.29) is 0 Å². The number of pyridine rings is 12. The maximum atomic E-state index is 5.28. The number of aromatic nitrogens is 16. The predicted molar refractivity (Wildman–Crippen MR) is 559 cm³/mol. The van der Waals surface area contributed by atoms with Gasteiger partial charge in [0.1, 0.15) is 45.0 Å². The van der Waals surface area contributed by atoms with Crippen LogP contribution in [0.4, 0.5) is 0 Å². The molecule has 28 aromatic rings. The fourth-order valence-electron chi connectivity index (χ4n) is 26.1. The summed E-state index contributed by atoms with van der Waals surface area (Å²) < 4.78 is 8.87. The molecule has 0 aliphatic heterocycles. The normalized spacial score (nSPS) is 13.5. The van der Waals surface area contributed by atoms with E-state index in [2.05, 4.69) is 270 Å². The van der Waals surface area contributed by atoms with Crippen molar-refractivity contribution in [2.45, 2.75) is 51.4 Å². The standard InChI is InChI=1S/4C31H18N4/c1-2-6-19-17(5-1)15-18-9-10-20-21-11-12-26-29(25(21)16-24(20)27(18)19)34-31-23-8-3-13-32-28(23)22-7-4-14-33-30(22)35(26)31;1-2-6-19-17(5-1)15-18-9-10-20-21-11-12-26-28(25(21)16-24(20)27(18)19)34-31-29-22(7-3-13-32-29)23-8-4-14-33-30(23)35(26)31;1-2-5-19-17(4-1)14-18-7-8-20-21-9-10-27-29(25(21)15-24(20)28(18)19)34-31-26-16-32-13-11-22(26)23-6-3-12-33-30(23)35(27)31;1-2-5-19-17(4-1)14-18-7-8-20-21-9-10-27-29(25(21)15-24(20)28(18)19)34-31-23-11-13-32-16-26(23)22-6-3-12-33-30(22)35(27)31/h2*1-14H,15-16H2;2*1-13,16H,14-15H2. The monoisotopic (exact) mass is 1780 g/mol. The molecule has 0 unspecified atom stereocenters. The van der Waals surface area contributed by atoms with Crippen LogP contribution in [0, 0.1) is 0 Å². The summed E-state index contributed by atoms with van der Waals surface area (Å²) in [5, 5.41) is 10.9. The van der Waals surface area contributed by atoms with Crippen LogP contribution in [0.3, 0.4) is 0 Å². The van der Waals surface area contributed by atoms with Gasteiger partial charge in [-0.05, 0) is 312 Å². The first-order valence-corrected chi connectivity index (χ1v) is 48.2. The molecule has 0 amide bonds. The summed E-state index contributed by atoms with van der Waals surface area (Å²) in [6.07, 6.45) is 26.4. The molecule has 16 heteroatoms. The van der Waals surface area contributed by atoms with Crippen molar-refractivity contribution in [3.63, 3.8) is 0 Å². The largest absolute Gasteiger partial charge is 0.276 e. The Hall–Kier alpha value is -18.3. The highest BCUT2D eigenvalue weighted by Gasteiger charge is 2.38. The van der Waals surface area contributed by atoms with Crippen LogP contribution in [0.5, 0.6) is 0 Å². The van der Waals surface area contributed by atoms with Crippen LogP contribution >= 0.6 is 0 Å². The maximum absolute atomic E-state index is 5.28. The number of nitrogens with zero attached hydrogens (tertiary/aromatic N) is 16. The van der Waals surface area contributed by atoms with Crippen molar-refractivity contribution in [1.29, 1.82) is 0 Å². The molecule has 0 radical (unpaired) electrons. The second-order valence-corrected chi connectivity index (χ2v) is 38.6. The lowest BCUT2D eigenvalue weighted by Crippen LogP contribution is -1.94. The van der Waals surface area contributed by atoms with E-state index in [9.17, 15) is 0 Å². The van der Waals surface area contributed by atoms with Crippen LogP contribution in [-0.4, -0.2) is 77.4 Å². The zero-order valence-electron chi connectivity index (χ0n) is 75.1. The zero-order chi connectivity index (χ0) is 90.7. The lowest BCUT2D eigenvalue weighted by molar-refractivity contribution is 1.22. The number of benzene rings is 12. The Labute approximate surface area is 796 Å². The van der Waals surface area contributed by atoms with Gasteiger partial charge in [-0.3, -0.25) is 37.5 Å². The minimum absolute atomic E-state index is 0.877. The molecular formula is C124H72N16. The SMILES string of the molecule is c1ccc2c(c1)Cc1ccc3c(c1-2)Cc1c-3ccc2c1nc1c3cccnc3c3cccnc3n21.c1ccc2c(c1)Cc1ccc3c(c1-2)Cc1c-3ccc2c1nc1c3ccncc3c3cccnc3n21.c1ccc2c(c1)Cc1ccc3c(c1-2)Cc1c-3ccc2c1nc1c3cnccc3c3cccnc3n21.c1ccc2c(c1)Cc1ccc3c(c1-2)Cc1c-3ccc2c1nc1c3ncccc3c3cccnc3n21. The third-order valence-electron chi connectivity index (χ3n) is 31.9. The van der Waals surface area contributed by atoms with E-state index in [0.29, 0.717) is 0 Å². The molecule has 36 rings (SSSR count). The van der Waals surface area contributed by atoms with E-state index < -0.39 is 0 Å². The van der Waals surface area contributed by atoms with Crippen LogP contribution in [0.2, 0.25) is 0 Å². The summed E-state index contributed by atoms with van der Waals surface area (Å²) in [4.78, 5) is 58.5. The summed E-state index contributed by atoms with van der Waals surface area (Å²) in [5.74, 6) is 0. The van der Waals surface area contributed by atoms with Gasteiger partial charge in [0.2, 0.25) is 0 Å². The van der Waals surface area contributed by atoms with Gasteiger partial charge in [0.15, 0.2) is 5.65 Å². The van der Waals surface area contributed by atoms with E-state index >= 15 is 0 Å². The third-order valence-corrected chi connectivity index (χ3v) is 31.9. The average Bonchev–Trinajstić information content (AvgIpc) is 1.56. The summed E-state index contributed by atoms with van der Waals surface area (Å²) in [6, 6.07) is 101. The van der Waals surface area contributed by atoms with Gasteiger partial charge in [-0.2, -0.15) is 0 Å². The molecule has 16 heterocycles. The Kier molecular flexibility index (Phi) is 14.9. The van der Waals surface area contributed by atoms with Crippen molar-refractivity contribution in [3.05, 3.63) is 430 Å².